The predicted octanol–water partition coefficient (Wildman–Crippen LogP) is 7.88. The number of aliphatic carboxylic acids is 2. The molecule has 0 saturated heterocycles. The molecular formula is C32H30ClF2NO6S. The van der Waals surface area contributed by atoms with Crippen molar-refractivity contribution in [2.45, 2.75) is 31.2 Å². The number of carboxylic acid groups (broad SMARTS) is 2. The van der Waals surface area contributed by atoms with E-state index in [9.17, 15) is 28.6 Å². The Hall–Kier alpha value is -4.02. The Balaban J connectivity index is 1.35. The predicted molar refractivity (Wildman–Crippen MR) is 164 cm³/mol. The summed E-state index contributed by atoms with van der Waals surface area (Å²) in [6, 6.07) is 15.0. The first-order valence-electron chi connectivity index (χ1n) is 13.5. The van der Waals surface area contributed by atoms with Crippen LogP contribution in [0.2, 0.25) is 5.02 Å². The second-order valence-corrected chi connectivity index (χ2v) is 11.3. The molecule has 0 fully saturated rings. The van der Waals surface area contributed by atoms with Crippen LogP contribution in [0.1, 0.15) is 30.9 Å². The van der Waals surface area contributed by atoms with Crippen molar-refractivity contribution in [3.05, 3.63) is 88.6 Å². The molecule has 1 unspecified atom stereocenters. The molecule has 1 aromatic heterocycles. The fourth-order valence-electron chi connectivity index (χ4n) is 4.24. The SMILES string of the molecule is CC(CSc1cn(CC(=O)O)c2c(/C=C/c3ccc(OCCCCOc4cc(F)cc(F)c4Cl)cc3)cccc12)C(=O)O. The van der Waals surface area contributed by atoms with Gasteiger partial charge in [0.05, 0.1) is 24.6 Å². The third-order valence-corrected chi connectivity index (χ3v) is 8.14. The highest BCUT2D eigenvalue weighted by Crippen LogP contribution is 2.34. The molecule has 11 heteroatoms. The van der Waals surface area contributed by atoms with Gasteiger partial charge in [0.25, 0.3) is 0 Å². The Morgan fingerprint density at radius 1 is 1.02 bits per heavy atom. The highest BCUT2D eigenvalue weighted by Gasteiger charge is 2.17. The number of fused-ring (bicyclic) bond motifs is 1. The van der Waals surface area contributed by atoms with E-state index < -0.39 is 29.5 Å². The molecule has 0 aliphatic carbocycles. The number of aromatic nitrogens is 1. The number of ether oxygens (including phenoxy) is 2. The van der Waals surface area contributed by atoms with Gasteiger partial charge in [0.1, 0.15) is 34.7 Å². The van der Waals surface area contributed by atoms with Crippen molar-refractivity contribution in [3.8, 4) is 11.5 Å². The molecule has 0 amide bonds. The standard InChI is InChI=1S/C32H30ClF2NO6S/c1-20(32(39)40)19-43-28-17-36(18-29(37)38)31-22(5-4-6-25(28)31)10-7-21-8-11-24(12-9-21)41-13-2-3-14-42-27-16-23(34)15-26(35)30(27)33/h4-12,15-17,20H,2-3,13-14,18-19H2,1H3,(H,37,38)(H,39,40)/b10-7+. The smallest absolute Gasteiger partial charge is 0.323 e. The number of benzene rings is 3. The first kappa shape index (κ1) is 31.9. The van der Waals surface area contributed by atoms with Crippen LogP contribution < -0.4 is 9.47 Å². The lowest BCUT2D eigenvalue weighted by Gasteiger charge is -2.09. The van der Waals surface area contributed by atoms with Crippen LogP contribution in [0.5, 0.6) is 11.5 Å². The van der Waals surface area contributed by atoms with Crippen molar-refractivity contribution in [1.29, 1.82) is 0 Å². The number of hydrogen-bond acceptors (Lipinski definition) is 5. The minimum atomic E-state index is -0.972. The van der Waals surface area contributed by atoms with Crippen molar-refractivity contribution >= 4 is 58.4 Å². The maximum absolute atomic E-state index is 13.5. The van der Waals surface area contributed by atoms with Crippen LogP contribution >= 0.6 is 23.4 Å². The van der Waals surface area contributed by atoms with E-state index in [0.29, 0.717) is 37.0 Å². The fraction of sp³-hybridized carbons (Fsp3) is 0.250. The Bertz CT molecular complexity index is 1620. The highest BCUT2D eigenvalue weighted by atomic mass is 35.5. The Kier molecular flexibility index (Phi) is 11.1. The second kappa shape index (κ2) is 14.9. The number of para-hydroxylation sites is 1. The number of carboxylic acids is 2. The summed E-state index contributed by atoms with van der Waals surface area (Å²) in [6.45, 7) is 2.09. The van der Waals surface area contributed by atoms with Gasteiger partial charge in [0, 0.05) is 34.4 Å². The lowest BCUT2D eigenvalue weighted by Crippen LogP contribution is -2.11. The summed E-state index contributed by atoms with van der Waals surface area (Å²) in [5.41, 5.74) is 2.51. The number of halogens is 3. The number of carbonyl (C=O) groups is 2. The molecule has 0 saturated carbocycles. The molecule has 1 heterocycles. The average Bonchev–Trinajstić information content (AvgIpc) is 3.32. The van der Waals surface area contributed by atoms with Crippen molar-refractivity contribution in [2.24, 2.45) is 5.92 Å². The lowest BCUT2D eigenvalue weighted by atomic mass is 10.1. The van der Waals surface area contributed by atoms with Gasteiger partial charge in [-0.15, -0.1) is 11.8 Å². The van der Waals surface area contributed by atoms with Gasteiger partial charge in [0.15, 0.2) is 0 Å². The van der Waals surface area contributed by atoms with Gasteiger partial charge in [-0.25, -0.2) is 8.78 Å². The molecule has 0 radical (unpaired) electrons. The molecule has 2 N–H and O–H groups in total. The van der Waals surface area contributed by atoms with E-state index in [1.807, 2.05) is 54.6 Å². The van der Waals surface area contributed by atoms with E-state index in [0.717, 1.165) is 33.0 Å². The maximum atomic E-state index is 13.5. The van der Waals surface area contributed by atoms with Gasteiger partial charge in [-0.05, 0) is 36.1 Å². The van der Waals surface area contributed by atoms with Crippen LogP contribution in [0.25, 0.3) is 23.1 Å². The van der Waals surface area contributed by atoms with Crippen molar-refractivity contribution in [3.63, 3.8) is 0 Å². The van der Waals surface area contributed by atoms with Crippen LogP contribution in [-0.2, 0) is 16.1 Å². The molecule has 3 aromatic carbocycles. The highest BCUT2D eigenvalue weighted by molar-refractivity contribution is 7.99. The van der Waals surface area contributed by atoms with E-state index in [2.05, 4.69) is 0 Å². The van der Waals surface area contributed by atoms with Crippen molar-refractivity contribution in [2.75, 3.05) is 19.0 Å². The molecule has 226 valence electrons. The van der Waals surface area contributed by atoms with Gasteiger partial charge in [-0.1, -0.05) is 61.0 Å². The van der Waals surface area contributed by atoms with Crippen LogP contribution in [0.3, 0.4) is 0 Å². The summed E-state index contributed by atoms with van der Waals surface area (Å²) < 4.78 is 39.7. The lowest BCUT2D eigenvalue weighted by molar-refractivity contribution is -0.140. The molecule has 4 rings (SSSR count). The molecule has 7 nitrogen and oxygen atoms in total. The van der Waals surface area contributed by atoms with Crippen LogP contribution in [0, 0.1) is 17.6 Å². The van der Waals surface area contributed by atoms with Gasteiger partial charge in [-0.2, -0.15) is 0 Å². The molecule has 0 spiro atoms. The zero-order valence-electron chi connectivity index (χ0n) is 23.3. The summed E-state index contributed by atoms with van der Waals surface area (Å²) in [6.07, 6.45) is 6.87. The number of unbranched alkanes of at least 4 members (excludes halogenated alkanes) is 1. The minimum absolute atomic E-state index is 0.0280. The summed E-state index contributed by atoms with van der Waals surface area (Å²) in [7, 11) is 0. The molecule has 4 aromatic rings. The minimum Gasteiger partial charge on any atom is -0.494 e. The van der Waals surface area contributed by atoms with E-state index in [1.54, 1.807) is 17.7 Å². The molecule has 0 bridgehead atoms. The Morgan fingerprint density at radius 3 is 2.44 bits per heavy atom. The van der Waals surface area contributed by atoms with E-state index in [1.165, 1.54) is 11.8 Å². The molecule has 0 aliphatic rings. The summed E-state index contributed by atoms with van der Waals surface area (Å²) in [5.74, 6) is -2.98. The van der Waals surface area contributed by atoms with E-state index in [-0.39, 0.29) is 23.9 Å². The monoisotopic (exact) mass is 629 g/mol. The largest absolute Gasteiger partial charge is 0.494 e. The first-order chi connectivity index (χ1) is 20.6. The summed E-state index contributed by atoms with van der Waals surface area (Å²) >= 11 is 7.20. The Labute approximate surface area is 256 Å². The van der Waals surface area contributed by atoms with Crippen LogP contribution in [0.4, 0.5) is 8.78 Å². The van der Waals surface area contributed by atoms with Gasteiger partial charge in [0.2, 0.25) is 0 Å². The average molecular weight is 630 g/mol. The summed E-state index contributed by atoms with van der Waals surface area (Å²) in [4.78, 5) is 23.6. The number of hydrogen-bond donors (Lipinski definition) is 2. The number of nitrogens with zero attached hydrogens (tertiary/aromatic N) is 1. The van der Waals surface area contributed by atoms with E-state index >= 15 is 0 Å². The van der Waals surface area contributed by atoms with Gasteiger partial charge < -0.3 is 24.3 Å². The number of thioether (sulfide) groups is 1. The third-order valence-electron chi connectivity index (χ3n) is 6.47. The maximum Gasteiger partial charge on any atom is 0.323 e. The molecule has 43 heavy (non-hydrogen) atoms. The summed E-state index contributed by atoms with van der Waals surface area (Å²) in [5, 5.41) is 19.3. The van der Waals surface area contributed by atoms with Gasteiger partial charge >= 0.3 is 11.9 Å². The van der Waals surface area contributed by atoms with Gasteiger partial charge in [-0.3, -0.25) is 9.59 Å². The molecule has 1 atom stereocenters. The second-order valence-electron chi connectivity index (χ2n) is 9.81. The normalized spacial score (nSPS) is 12.1. The Morgan fingerprint density at radius 2 is 1.74 bits per heavy atom. The zero-order valence-corrected chi connectivity index (χ0v) is 24.8. The third kappa shape index (κ3) is 8.75. The fourth-order valence-corrected chi connectivity index (χ4v) is 5.50. The van der Waals surface area contributed by atoms with Crippen molar-refractivity contribution in [1.82, 2.24) is 4.57 Å². The zero-order chi connectivity index (χ0) is 30.9. The van der Waals surface area contributed by atoms with E-state index in [4.69, 9.17) is 21.1 Å². The van der Waals surface area contributed by atoms with Crippen LogP contribution in [-0.4, -0.2) is 45.7 Å². The molecular weight excluding hydrogens is 600 g/mol. The van der Waals surface area contributed by atoms with Crippen LogP contribution in [0.15, 0.2) is 65.7 Å². The molecule has 0 aliphatic heterocycles. The van der Waals surface area contributed by atoms with Crippen molar-refractivity contribution < 1.29 is 38.1 Å². The quantitative estimate of drug-likeness (QED) is 0.0597. The first-order valence-corrected chi connectivity index (χ1v) is 14.9. The topological polar surface area (TPSA) is 98.0 Å². The number of rotatable bonds is 15.